The summed E-state index contributed by atoms with van der Waals surface area (Å²) in [5, 5.41) is 3.37. The summed E-state index contributed by atoms with van der Waals surface area (Å²) in [4.78, 5) is 14.2. The summed E-state index contributed by atoms with van der Waals surface area (Å²) in [5.74, 6) is 1.84. The minimum Gasteiger partial charge on any atom is -0.497 e. The molecule has 122 valence electrons. The molecule has 2 rings (SSSR count). The summed E-state index contributed by atoms with van der Waals surface area (Å²) in [7, 11) is 1.67. The van der Waals surface area contributed by atoms with Gasteiger partial charge in [-0.25, -0.2) is 4.79 Å². The number of carbonyl (C=O) groups excluding carboxylic acids is 1. The zero-order valence-corrected chi connectivity index (χ0v) is 14.7. The summed E-state index contributed by atoms with van der Waals surface area (Å²) >= 11 is 1.91. The van der Waals surface area contributed by atoms with Crippen molar-refractivity contribution in [1.29, 1.82) is 0 Å². The van der Waals surface area contributed by atoms with E-state index in [0.29, 0.717) is 11.8 Å². The van der Waals surface area contributed by atoms with Gasteiger partial charge in [0.25, 0.3) is 0 Å². The number of rotatable bonds is 3. The molecule has 1 heterocycles. The van der Waals surface area contributed by atoms with E-state index in [9.17, 15) is 4.79 Å². The number of ether oxygens (including phenoxy) is 1. The first-order valence-electron chi connectivity index (χ1n) is 7.67. The monoisotopic (exact) mass is 322 g/mol. The van der Waals surface area contributed by atoms with E-state index >= 15 is 0 Å². The van der Waals surface area contributed by atoms with Crippen LogP contribution in [0, 0.1) is 5.41 Å². The summed E-state index contributed by atoms with van der Waals surface area (Å²) in [6.07, 6.45) is 0. The zero-order chi connectivity index (χ0) is 16.2. The lowest BCUT2D eigenvalue weighted by atomic mass is 9.97. The molecule has 1 N–H and O–H groups in total. The Morgan fingerprint density at radius 1 is 1.36 bits per heavy atom. The first kappa shape index (κ1) is 17.0. The molecule has 1 aliphatic heterocycles. The van der Waals surface area contributed by atoms with Crippen molar-refractivity contribution < 1.29 is 9.53 Å². The number of nitrogens with one attached hydrogen (secondary N) is 1. The van der Waals surface area contributed by atoms with E-state index in [1.165, 1.54) is 5.56 Å². The van der Waals surface area contributed by atoms with Gasteiger partial charge >= 0.3 is 6.03 Å². The number of benzene rings is 1. The highest BCUT2D eigenvalue weighted by atomic mass is 32.2. The molecular formula is C17H26N2O2S. The van der Waals surface area contributed by atoms with E-state index < -0.39 is 0 Å². The maximum Gasteiger partial charge on any atom is 0.317 e. The number of methoxy groups -OCH3 is 1. The fraction of sp³-hybridized carbons (Fsp3) is 0.588. The number of hydrogen-bond donors (Lipinski definition) is 1. The highest BCUT2D eigenvalue weighted by molar-refractivity contribution is 7.99. The Morgan fingerprint density at radius 2 is 2.05 bits per heavy atom. The molecule has 1 aromatic rings. The Hall–Kier alpha value is -1.36. The molecular weight excluding hydrogens is 296 g/mol. The van der Waals surface area contributed by atoms with Gasteiger partial charge in [0.1, 0.15) is 5.75 Å². The highest BCUT2D eigenvalue weighted by Crippen LogP contribution is 2.33. The smallest absolute Gasteiger partial charge is 0.317 e. The fourth-order valence-corrected chi connectivity index (χ4v) is 3.55. The lowest BCUT2D eigenvalue weighted by molar-refractivity contribution is 0.195. The molecule has 1 aliphatic rings. The average molecular weight is 322 g/mol. The molecule has 0 saturated carbocycles. The van der Waals surface area contributed by atoms with E-state index in [4.69, 9.17) is 4.74 Å². The SMILES string of the molecule is COc1ccc(C2CN(C(=O)NCC(C)(C)C)CCS2)cc1. The molecule has 1 atom stereocenters. The van der Waals surface area contributed by atoms with Gasteiger partial charge in [-0.3, -0.25) is 0 Å². The number of urea groups is 1. The Bertz CT molecular complexity index is 496. The Kier molecular flexibility index (Phi) is 5.62. The molecule has 0 bridgehead atoms. The van der Waals surface area contributed by atoms with Gasteiger partial charge in [0.05, 0.1) is 7.11 Å². The van der Waals surface area contributed by atoms with E-state index in [1.54, 1.807) is 7.11 Å². The fourth-order valence-electron chi connectivity index (χ4n) is 2.31. The number of hydrogen-bond acceptors (Lipinski definition) is 3. The summed E-state index contributed by atoms with van der Waals surface area (Å²) in [6, 6.07) is 8.19. The van der Waals surface area contributed by atoms with Gasteiger partial charge in [-0.15, -0.1) is 0 Å². The second-order valence-electron chi connectivity index (χ2n) is 6.80. The molecule has 0 spiro atoms. The molecule has 1 unspecified atom stereocenters. The first-order valence-corrected chi connectivity index (χ1v) is 8.72. The van der Waals surface area contributed by atoms with Crippen LogP contribution in [0.5, 0.6) is 5.75 Å². The van der Waals surface area contributed by atoms with Crippen LogP contribution in [-0.2, 0) is 0 Å². The van der Waals surface area contributed by atoms with E-state index in [0.717, 1.165) is 24.6 Å². The topological polar surface area (TPSA) is 41.6 Å². The predicted molar refractivity (Wildman–Crippen MR) is 92.6 cm³/mol. The van der Waals surface area contributed by atoms with Crippen LogP contribution >= 0.6 is 11.8 Å². The van der Waals surface area contributed by atoms with Crippen LogP contribution in [0.25, 0.3) is 0 Å². The summed E-state index contributed by atoms with van der Waals surface area (Å²) in [6.45, 7) is 8.64. The van der Waals surface area contributed by atoms with Gasteiger partial charge in [0.15, 0.2) is 0 Å². The standard InChI is InChI=1S/C17H26N2O2S/c1-17(2,3)12-18-16(20)19-9-10-22-15(11-19)13-5-7-14(21-4)8-6-13/h5-8,15H,9-12H2,1-4H3,(H,18,20). The van der Waals surface area contributed by atoms with Crippen molar-refractivity contribution in [2.24, 2.45) is 5.41 Å². The van der Waals surface area contributed by atoms with Crippen molar-refractivity contribution in [2.45, 2.75) is 26.0 Å². The van der Waals surface area contributed by atoms with Gasteiger partial charge in [-0.1, -0.05) is 32.9 Å². The Labute approximate surface area is 137 Å². The lowest BCUT2D eigenvalue weighted by Crippen LogP contribution is -2.47. The molecule has 1 fully saturated rings. The Balaban J connectivity index is 1.94. The third-order valence-electron chi connectivity index (χ3n) is 3.61. The van der Waals surface area contributed by atoms with Crippen LogP contribution in [0.15, 0.2) is 24.3 Å². The molecule has 1 aromatic carbocycles. The van der Waals surface area contributed by atoms with E-state index in [-0.39, 0.29) is 11.4 Å². The van der Waals surface area contributed by atoms with Crippen molar-refractivity contribution in [3.05, 3.63) is 29.8 Å². The Morgan fingerprint density at radius 3 is 2.64 bits per heavy atom. The van der Waals surface area contributed by atoms with Crippen LogP contribution in [0.3, 0.4) is 0 Å². The molecule has 2 amide bonds. The number of thioether (sulfide) groups is 1. The van der Waals surface area contributed by atoms with Gasteiger partial charge in [0, 0.05) is 30.6 Å². The third-order valence-corrected chi connectivity index (χ3v) is 4.85. The van der Waals surface area contributed by atoms with Crippen molar-refractivity contribution in [2.75, 3.05) is 32.5 Å². The minimum atomic E-state index is 0.0498. The summed E-state index contributed by atoms with van der Waals surface area (Å²) in [5.41, 5.74) is 1.36. The number of carbonyl (C=O) groups is 1. The highest BCUT2D eigenvalue weighted by Gasteiger charge is 2.25. The van der Waals surface area contributed by atoms with Crippen LogP contribution in [0.4, 0.5) is 4.79 Å². The van der Waals surface area contributed by atoms with Gasteiger partial charge in [-0.05, 0) is 23.1 Å². The van der Waals surface area contributed by atoms with Crippen molar-refractivity contribution in [3.8, 4) is 5.75 Å². The van der Waals surface area contributed by atoms with Crippen LogP contribution < -0.4 is 10.1 Å². The predicted octanol–water partition coefficient (Wildman–Crippen LogP) is 3.54. The molecule has 1 saturated heterocycles. The first-order chi connectivity index (χ1) is 10.4. The molecule has 22 heavy (non-hydrogen) atoms. The molecule has 0 aromatic heterocycles. The van der Waals surface area contributed by atoms with Crippen molar-refractivity contribution in [1.82, 2.24) is 10.2 Å². The van der Waals surface area contributed by atoms with Crippen LogP contribution in [0.1, 0.15) is 31.6 Å². The number of amides is 2. The van der Waals surface area contributed by atoms with Crippen molar-refractivity contribution >= 4 is 17.8 Å². The average Bonchev–Trinajstić information content (AvgIpc) is 2.52. The minimum absolute atomic E-state index is 0.0498. The van der Waals surface area contributed by atoms with Crippen molar-refractivity contribution in [3.63, 3.8) is 0 Å². The normalized spacial score (nSPS) is 18.9. The van der Waals surface area contributed by atoms with Gasteiger partial charge < -0.3 is 15.0 Å². The van der Waals surface area contributed by atoms with Gasteiger partial charge in [-0.2, -0.15) is 11.8 Å². The third kappa shape index (κ3) is 4.83. The van der Waals surface area contributed by atoms with E-state index in [1.807, 2.05) is 28.8 Å². The lowest BCUT2D eigenvalue weighted by Gasteiger charge is -2.33. The second-order valence-corrected chi connectivity index (χ2v) is 8.11. The second kappa shape index (κ2) is 7.27. The molecule has 0 aliphatic carbocycles. The van der Waals surface area contributed by atoms with Gasteiger partial charge in [0.2, 0.25) is 0 Å². The summed E-state index contributed by atoms with van der Waals surface area (Å²) < 4.78 is 5.20. The van der Waals surface area contributed by atoms with Crippen LogP contribution in [-0.4, -0.2) is 43.4 Å². The maximum absolute atomic E-state index is 12.3. The maximum atomic E-state index is 12.3. The van der Waals surface area contributed by atoms with E-state index in [2.05, 4.69) is 38.2 Å². The molecule has 5 heteroatoms. The largest absolute Gasteiger partial charge is 0.497 e. The van der Waals surface area contributed by atoms with Crippen LogP contribution in [0.2, 0.25) is 0 Å². The molecule has 0 radical (unpaired) electrons. The quantitative estimate of drug-likeness (QED) is 0.925. The zero-order valence-electron chi connectivity index (χ0n) is 13.9. The number of nitrogens with zero attached hydrogens (tertiary/aromatic N) is 1. The molecule has 4 nitrogen and oxygen atoms in total.